The van der Waals surface area contributed by atoms with Crippen molar-refractivity contribution in [2.24, 2.45) is 17.8 Å². The molecule has 0 aliphatic heterocycles. The Bertz CT molecular complexity index is 503. The zero-order valence-electron chi connectivity index (χ0n) is 10.9. The van der Waals surface area contributed by atoms with Gasteiger partial charge in [-0.1, -0.05) is 22.4 Å². The topological polar surface area (TPSA) is 55.1 Å². The molecule has 102 valence electrons. The highest BCUT2D eigenvalue weighted by Gasteiger charge is 2.40. The Morgan fingerprint density at radius 3 is 2.84 bits per heavy atom. The van der Waals surface area contributed by atoms with Gasteiger partial charge >= 0.3 is 0 Å². The molecule has 3 atom stereocenters. The molecule has 3 rings (SSSR count). The summed E-state index contributed by atoms with van der Waals surface area (Å²) >= 11 is 3.36. The molecule has 0 radical (unpaired) electrons. The quantitative estimate of drug-likeness (QED) is 0.832. The molecular formula is C15H19BrN2O. The van der Waals surface area contributed by atoms with Crippen LogP contribution in [0.1, 0.15) is 32.1 Å². The first-order valence-electron chi connectivity index (χ1n) is 6.96. The average Bonchev–Trinajstić information content (AvgIpc) is 2.95. The van der Waals surface area contributed by atoms with Crippen molar-refractivity contribution in [1.82, 2.24) is 0 Å². The molecule has 0 spiro atoms. The van der Waals surface area contributed by atoms with Crippen molar-refractivity contribution in [1.29, 1.82) is 0 Å². The highest BCUT2D eigenvalue weighted by atomic mass is 79.9. The molecule has 2 aliphatic rings. The Morgan fingerprint density at radius 2 is 2.21 bits per heavy atom. The zero-order valence-corrected chi connectivity index (χ0v) is 12.4. The minimum absolute atomic E-state index is 0.103. The van der Waals surface area contributed by atoms with E-state index in [2.05, 4.69) is 21.2 Å². The fraction of sp³-hybridized carbons (Fsp3) is 0.533. The molecule has 2 bridgehead atoms. The van der Waals surface area contributed by atoms with Gasteiger partial charge in [-0.25, -0.2) is 0 Å². The Labute approximate surface area is 122 Å². The third-order valence-electron chi connectivity index (χ3n) is 4.62. The molecule has 1 unspecified atom stereocenters. The first kappa shape index (κ1) is 13.0. The minimum atomic E-state index is 0.103. The van der Waals surface area contributed by atoms with Crippen LogP contribution in [0, 0.1) is 17.8 Å². The van der Waals surface area contributed by atoms with Gasteiger partial charge in [0.1, 0.15) is 0 Å². The lowest BCUT2D eigenvalue weighted by Gasteiger charge is -2.21. The van der Waals surface area contributed by atoms with Crippen LogP contribution in [0.5, 0.6) is 0 Å². The van der Waals surface area contributed by atoms with Gasteiger partial charge < -0.3 is 11.1 Å². The SMILES string of the molecule is Nc1cc(Br)ccc1NC(=O)CC1C[C@H]2CC[C@@H]1C2. The standard InChI is InChI=1S/C15H19BrN2O/c16-12-3-4-14(13(17)8-12)18-15(19)7-11-6-9-1-2-10(11)5-9/h3-4,8-11H,1-2,5-7,17H2,(H,18,19)/t9-,10+,11?/m0/s1. The summed E-state index contributed by atoms with van der Waals surface area (Å²) in [6.45, 7) is 0. The number of carbonyl (C=O) groups is 1. The number of anilines is 2. The van der Waals surface area contributed by atoms with Crippen LogP contribution in [0.25, 0.3) is 0 Å². The van der Waals surface area contributed by atoms with Crippen molar-refractivity contribution >= 4 is 33.2 Å². The van der Waals surface area contributed by atoms with Gasteiger partial charge in [0.2, 0.25) is 5.91 Å². The number of hydrogen-bond donors (Lipinski definition) is 2. The van der Waals surface area contributed by atoms with Crippen LogP contribution in [-0.2, 0) is 4.79 Å². The fourth-order valence-electron chi connectivity index (χ4n) is 3.71. The summed E-state index contributed by atoms with van der Waals surface area (Å²) in [6.07, 6.45) is 5.94. The van der Waals surface area contributed by atoms with E-state index in [1.807, 2.05) is 18.2 Å². The highest BCUT2D eigenvalue weighted by Crippen LogP contribution is 2.49. The van der Waals surface area contributed by atoms with Crippen LogP contribution in [-0.4, -0.2) is 5.91 Å². The number of rotatable bonds is 3. The van der Waals surface area contributed by atoms with Crippen molar-refractivity contribution in [2.75, 3.05) is 11.1 Å². The van der Waals surface area contributed by atoms with Crippen LogP contribution in [0.15, 0.2) is 22.7 Å². The Kier molecular flexibility index (Phi) is 3.52. The van der Waals surface area contributed by atoms with Gasteiger partial charge in [0.05, 0.1) is 11.4 Å². The van der Waals surface area contributed by atoms with Gasteiger partial charge in [-0.15, -0.1) is 0 Å². The molecule has 0 saturated heterocycles. The maximum atomic E-state index is 12.1. The van der Waals surface area contributed by atoms with E-state index in [4.69, 9.17) is 5.73 Å². The molecule has 2 saturated carbocycles. The molecule has 2 fully saturated rings. The van der Waals surface area contributed by atoms with E-state index in [0.29, 0.717) is 18.0 Å². The van der Waals surface area contributed by atoms with Gasteiger partial charge in [0, 0.05) is 10.9 Å². The summed E-state index contributed by atoms with van der Waals surface area (Å²) in [6, 6.07) is 5.55. The molecule has 3 nitrogen and oxygen atoms in total. The van der Waals surface area contributed by atoms with Gasteiger partial charge in [-0.2, -0.15) is 0 Å². The van der Waals surface area contributed by atoms with Crippen molar-refractivity contribution in [3.8, 4) is 0 Å². The van der Waals surface area contributed by atoms with Gasteiger partial charge in [0.15, 0.2) is 0 Å². The number of nitrogen functional groups attached to an aromatic ring is 1. The lowest BCUT2D eigenvalue weighted by molar-refractivity contribution is -0.117. The highest BCUT2D eigenvalue weighted by molar-refractivity contribution is 9.10. The first-order chi connectivity index (χ1) is 9.11. The van der Waals surface area contributed by atoms with E-state index in [1.54, 1.807) is 0 Å². The number of hydrogen-bond acceptors (Lipinski definition) is 2. The van der Waals surface area contributed by atoms with E-state index in [9.17, 15) is 4.79 Å². The summed E-state index contributed by atoms with van der Waals surface area (Å²) < 4.78 is 0.927. The zero-order chi connectivity index (χ0) is 13.4. The van der Waals surface area contributed by atoms with Gasteiger partial charge in [-0.3, -0.25) is 4.79 Å². The lowest BCUT2D eigenvalue weighted by atomic mass is 9.86. The molecule has 1 aromatic carbocycles. The Morgan fingerprint density at radius 1 is 1.37 bits per heavy atom. The van der Waals surface area contributed by atoms with Gasteiger partial charge in [0.25, 0.3) is 0 Å². The molecule has 1 amide bonds. The first-order valence-corrected chi connectivity index (χ1v) is 7.76. The summed E-state index contributed by atoms with van der Waals surface area (Å²) in [7, 11) is 0. The van der Waals surface area contributed by atoms with E-state index in [0.717, 1.165) is 22.0 Å². The van der Waals surface area contributed by atoms with Crippen molar-refractivity contribution in [3.63, 3.8) is 0 Å². The molecule has 3 N–H and O–H groups in total. The molecular weight excluding hydrogens is 304 g/mol. The third kappa shape index (κ3) is 2.78. The molecule has 2 aliphatic carbocycles. The molecule has 4 heteroatoms. The largest absolute Gasteiger partial charge is 0.397 e. The maximum Gasteiger partial charge on any atom is 0.224 e. The minimum Gasteiger partial charge on any atom is -0.397 e. The molecule has 19 heavy (non-hydrogen) atoms. The second-order valence-electron chi connectivity index (χ2n) is 5.92. The predicted molar refractivity (Wildman–Crippen MR) is 80.7 cm³/mol. The molecule has 0 aromatic heterocycles. The van der Waals surface area contributed by atoms with Crippen LogP contribution in [0.3, 0.4) is 0 Å². The number of carbonyl (C=O) groups excluding carboxylic acids is 1. The lowest BCUT2D eigenvalue weighted by Crippen LogP contribution is -2.20. The summed E-state index contributed by atoms with van der Waals surface area (Å²) in [4.78, 5) is 12.1. The smallest absolute Gasteiger partial charge is 0.224 e. The number of benzene rings is 1. The summed E-state index contributed by atoms with van der Waals surface area (Å²) in [5.41, 5.74) is 7.22. The fourth-order valence-corrected chi connectivity index (χ4v) is 4.09. The van der Waals surface area contributed by atoms with Crippen LogP contribution in [0.4, 0.5) is 11.4 Å². The Balaban J connectivity index is 1.59. The number of nitrogens with two attached hydrogens (primary N) is 1. The number of fused-ring (bicyclic) bond motifs is 2. The summed E-state index contributed by atoms with van der Waals surface area (Å²) in [5.74, 6) is 2.38. The number of nitrogens with one attached hydrogen (secondary N) is 1. The van der Waals surface area contributed by atoms with E-state index in [-0.39, 0.29) is 5.91 Å². The van der Waals surface area contributed by atoms with Crippen LogP contribution >= 0.6 is 15.9 Å². The third-order valence-corrected chi connectivity index (χ3v) is 5.11. The number of amides is 1. The molecule has 1 aromatic rings. The average molecular weight is 323 g/mol. The van der Waals surface area contributed by atoms with Crippen molar-refractivity contribution < 1.29 is 4.79 Å². The second kappa shape index (κ2) is 5.16. The second-order valence-corrected chi connectivity index (χ2v) is 6.83. The van der Waals surface area contributed by atoms with E-state index in [1.165, 1.54) is 25.7 Å². The van der Waals surface area contributed by atoms with Crippen LogP contribution < -0.4 is 11.1 Å². The van der Waals surface area contributed by atoms with Crippen molar-refractivity contribution in [2.45, 2.75) is 32.1 Å². The van der Waals surface area contributed by atoms with E-state index < -0.39 is 0 Å². The number of halogens is 1. The van der Waals surface area contributed by atoms with Crippen LogP contribution in [0.2, 0.25) is 0 Å². The predicted octanol–water partition coefficient (Wildman–Crippen LogP) is 3.80. The van der Waals surface area contributed by atoms with Crippen molar-refractivity contribution in [3.05, 3.63) is 22.7 Å². The Hall–Kier alpha value is -1.03. The normalized spacial score (nSPS) is 28.6. The molecule has 0 heterocycles. The van der Waals surface area contributed by atoms with Gasteiger partial charge in [-0.05, 0) is 55.2 Å². The maximum absolute atomic E-state index is 12.1. The monoisotopic (exact) mass is 322 g/mol. The van der Waals surface area contributed by atoms with E-state index >= 15 is 0 Å². The summed E-state index contributed by atoms with van der Waals surface area (Å²) in [5, 5.41) is 2.94.